The van der Waals surface area contributed by atoms with Gasteiger partial charge in [0.15, 0.2) is 0 Å². The molecule has 21 heavy (non-hydrogen) atoms. The predicted molar refractivity (Wildman–Crippen MR) is 85.8 cm³/mol. The minimum atomic E-state index is 0.0442. The number of benzene rings is 1. The van der Waals surface area contributed by atoms with E-state index in [9.17, 15) is 4.79 Å². The predicted octanol–water partition coefficient (Wildman–Crippen LogP) is 2.82. The number of methoxy groups -OCH3 is 1. The normalized spacial score (nSPS) is 10.9. The van der Waals surface area contributed by atoms with Crippen molar-refractivity contribution in [2.24, 2.45) is 0 Å². The summed E-state index contributed by atoms with van der Waals surface area (Å²) in [7, 11) is 3.49. The van der Waals surface area contributed by atoms with Gasteiger partial charge in [-0.25, -0.2) is 0 Å². The molecule has 0 unspecified atom stereocenters. The van der Waals surface area contributed by atoms with E-state index < -0.39 is 0 Å². The molecule has 1 aromatic carbocycles. The van der Waals surface area contributed by atoms with E-state index >= 15 is 0 Å². The van der Waals surface area contributed by atoms with Gasteiger partial charge in [-0.3, -0.25) is 4.79 Å². The molecular weight excluding hydrogens is 264 g/mol. The Bertz CT molecular complexity index is 675. The van der Waals surface area contributed by atoms with Gasteiger partial charge in [0.05, 0.1) is 12.8 Å². The molecule has 112 valence electrons. The number of hydrogen-bond donors (Lipinski definition) is 1. The SMILES string of the molecule is CNCc1ccc(-c2ccccc2OC)n(C(C)C)c1=O. The molecule has 0 aliphatic rings. The van der Waals surface area contributed by atoms with Crippen molar-refractivity contribution in [3.63, 3.8) is 0 Å². The van der Waals surface area contributed by atoms with Gasteiger partial charge in [-0.1, -0.05) is 18.2 Å². The third-order valence-electron chi connectivity index (χ3n) is 3.46. The van der Waals surface area contributed by atoms with Crippen LogP contribution in [0.15, 0.2) is 41.2 Å². The zero-order chi connectivity index (χ0) is 15.4. The number of hydrogen-bond acceptors (Lipinski definition) is 3. The van der Waals surface area contributed by atoms with E-state index in [4.69, 9.17) is 4.74 Å². The third-order valence-corrected chi connectivity index (χ3v) is 3.46. The van der Waals surface area contributed by atoms with Crippen molar-refractivity contribution < 1.29 is 4.74 Å². The zero-order valence-electron chi connectivity index (χ0n) is 13.0. The molecule has 0 bridgehead atoms. The van der Waals surface area contributed by atoms with Crippen molar-refractivity contribution in [3.05, 3.63) is 52.3 Å². The molecule has 0 saturated heterocycles. The molecule has 0 fully saturated rings. The largest absolute Gasteiger partial charge is 0.496 e. The van der Waals surface area contributed by atoms with Crippen LogP contribution in [-0.4, -0.2) is 18.7 Å². The summed E-state index contributed by atoms with van der Waals surface area (Å²) in [5.41, 5.74) is 2.63. The summed E-state index contributed by atoms with van der Waals surface area (Å²) in [5.74, 6) is 0.771. The smallest absolute Gasteiger partial charge is 0.255 e. The van der Waals surface area contributed by atoms with Gasteiger partial charge in [0.2, 0.25) is 0 Å². The molecule has 1 heterocycles. The van der Waals surface area contributed by atoms with E-state index in [-0.39, 0.29) is 11.6 Å². The molecule has 0 saturated carbocycles. The summed E-state index contributed by atoms with van der Waals surface area (Å²) in [4.78, 5) is 12.7. The number of rotatable bonds is 5. The fourth-order valence-corrected chi connectivity index (χ4v) is 2.51. The van der Waals surface area contributed by atoms with Gasteiger partial charge >= 0.3 is 0 Å². The van der Waals surface area contributed by atoms with Crippen LogP contribution in [0.3, 0.4) is 0 Å². The van der Waals surface area contributed by atoms with Crippen molar-refractivity contribution in [1.29, 1.82) is 0 Å². The second-order valence-corrected chi connectivity index (χ2v) is 5.24. The lowest BCUT2D eigenvalue weighted by Crippen LogP contribution is -2.28. The van der Waals surface area contributed by atoms with Gasteiger partial charge in [-0.2, -0.15) is 0 Å². The second-order valence-electron chi connectivity index (χ2n) is 5.24. The highest BCUT2D eigenvalue weighted by atomic mass is 16.5. The van der Waals surface area contributed by atoms with Crippen LogP contribution in [0.2, 0.25) is 0 Å². The Morgan fingerprint density at radius 1 is 1.19 bits per heavy atom. The lowest BCUT2D eigenvalue weighted by atomic mass is 10.1. The number of ether oxygens (including phenoxy) is 1. The minimum absolute atomic E-state index is 0.0442. The van der Waals surface area contributed by atoms with Crippen molar-refractivity contribution >= 4 is 0 Å². The van der Waals surface area contributed by atoms with Gasteiger partial charge in [-0.05, 0) is 39.1 Å². The average Bonchev–Trinajstić information content (AvgIpc) is 2.48. The van der Waals surface area contributed by atoms with Crippen molar-refractivity contribution in [2.75, 3.05) is 14.2 Å². The quantitative estimate of drug-likeness (QED) is 0.919. The summed E-state index contributed by atoms with van der Waals surface area (Å²) in [6.45, 7) is 4.60. The van der Waals surface area contributed by atoms with Crippen LogP contribution in [0, 0.1) is 0 Å². The molecule has 0 radical (unpaired) electrons. The molecule has 2 rings (SSSR count). The van der Waals surface area contributed by atoms with E-state index in [0.717, 1.165) is 22.6 Å². The van der Waals surface area contributed by atoms with E-state index in [1.165, 1.54) is 0 Å². The lowest BCUT2D eigenvalue weighted by Gasteiger charge is -2.19. The Hall–Kier alpha value is -2.07. The molecule has 0 aliphatic carbocycles. The number of aromatic nitrogens is 1. The van der Waals surface area contributed by atoms with E-state index in [1.54, 1.807) is 7.11 Å². The van der Waals surface area contributed by atoms with Crippen molar-refractivity contribution in [1.82, 2.24) is 9.88 Å². The van der Waals surface area contributed by atoms with Gasteiger partial charge in [-0.15, -0.1) is 0 Å². The standard InChI is InChI=1S/C17H22N2O2/c1-12(2)19-15(10-9-13(11-18-3)17(19)20)14-7-5-6-8-16(14)21-4/h5-10,12,18H,11H2,1-4H3. The minimum Gasteiger partial charge on any atom is -0.496 e. The van der Waals surface area contributed by atoms with Crippen LogP contribution in [0.4, 0.5) is 0 Å². The molecular formula is C17H22N2O2. The summed E-state index contributed by atoms with van der Waals surface area (Å²) >= 11 is 0. The lowest BCUT2D eigenvalue weighted by molar-refractivity contribution is 0.415. The maximum atomic E-state index is 12.7. The first-order valence-electron chi connectivity index (χ1n) is 7.12. The van der Waals surface area contributed by atoms with Crippen molar-refractivity contribution in [2.45, 2.75) is 26.4 Å². The Morgan fingerprint density at radius 2 is 1.90 bits per heavy atom. The highest BCUT2D eigenvalue weighted by Crippen LogP contribution is 2.30. The molecule has 0 amide bonds. The van der Waals surface area contributed by atoms with Gasteiger partial charge in [0.25, 0.3) is 5.56 Å². The van der Waals surface area contributed by atoms with Gasteiger partial charge < -0.3 is 14.6 Å². The Balaban J connectivity index is 2.69. The maximum Gasteiger partial charge on any atom is 0.255 e. The number of nitrogens with one attached hydrogen (secondary N) is 1. The van der Waals surface area contributed by atoms with E-state index in [1.807, 2.05) is 61.9 Å². The van der Waals surface area contributed by atoms with Gasteiger partial charge in [0, 0.05) is 23.7 Å². The first-order chi connectivity index (χ1) is 10.1. The number of nitrogens with zero attached hydrogens (tertiary/aromatic N) is 1. The van der Waals surface area contributed by atoms with Crippen LogP contribution in [0.1, 0.15) is 25.5 Å². The molecule has 2 aromatic rings. The average molecular weight is 286 g/mol. The highest BCUT2D eigenvalue weighted by Gasteiger charge is 2.15. The van der Waals surface area contributed by atoms with Crippen LogP contribution in [-0.2, 0) is 6.54 Å². The third kappa shape index (κ3) is 3.00. The number of pyridine rings is 1. The van der Waals surface area contributed by atoms with E-state index in [0.29, 0.717) is 6.54 Å². The highest BCUT2D eigenvalue weighted by molar-refractivity contribution is 5.67. The summed E-state index contributed by atoms with van der Waals surface area (Å²) in [6, 6.07) is 11.7. The fraction of sp³-hybridized carbons (Fsp3) is 0.353. The fourth-order valence-electron chi connectivity index (χ4n) is 2.51. The number of para-hydroxylation sites is 1. The van der Waals surface area contributed by atoms with E-state index in [2.05, 4.69) is 5.32 Å². The summed E-state index contributed by atoms with van der Waals surface area (Å²) in [6.07, 6.45) is 0. The molecule has 0 spiro atoms. The van der Waals surface area contributed by atoms with Gasteiger partial charge in [0.1, 0.15) is 5.75 Å². The molecule has 0 atom stereocenters. The maximum absolute atomic E-state index is 12.7. The Kier molecular flexibility index (Phi) is 4.81. The van der Waals surface area contributed by atoms with Crippen LogP contribution in [0.25, 0.3) is 11.3 Å². The molecule has 4 heteroatoms. The van der Waals surface area contributed by atoms with Crippen molar-refractivity contribution in [3.8, 4) is 17.0 Å². The molecule has 1 N–H and O–H groups in total. The Morgan fingerprint density at radius 3 is 2.52 bits per heavy atom. The molecule has 0 aliphatic heterocycles. The monoisotopic (exact) mass is 286 g/mol. The molecule has 1 aromatic heterocycles. The first kappa shape index (κ1) is 15.3. The second kappa shape index (κ2) is 6.59. The zero-order valence-corrected chi connectivity index (χ0v) is 13.0. The van der Waals surface area contributed by atoms with Crippen LogP contribution in [0.5, 0.6) is 5.75 Å². The Labute approximate surface area is 125 Å². The molecule has 4 nitrogen and oxygen atoms in total. The first-order valence-corrected chi connectivity index (χ1v) is 7.12. The van der Waals surface area contributed by atoms with Crippen LogP contribution < -0.4 is 15.6 Å². The van der Waals surface area contributed by atoms with Crippen LogP contribution >= 0.6 is 0 Å². The topological polar surface area (TPSA) is 43.3 Å². The summed E-state index contributed by atoms with van der Waals surface area (Å²) in [5, 5.41) is 3.03. The summed E-state index contributed by atoms with van der Waals surface area (Å²) < 4.78 is 7.25.